The predicted molar refractivity (Wildman–Crippen MR) is 144 cm³/mol. The predicted octanol–water partition coefficient (Wildman–Crippen LogP) is 5.98. The number of H-pyrrole nitrogens is 1. The number of esters is 1. The minimum atomic E-state index is -1.12. The normalized spacial score (nSPS) is 14.5. The van der Waals surface area contributed by atoms with Gasteiger partial charge in [-0.05, 0) is 35.4 Å². The molecule has 1 N–H and O–H groups in total. The van der Waals surface area contributed by atoms with Gasteiger partial charge < -0.3 is 19.4 Å². The number of ether oxygens (including phenoxy) is 2. The zero-order chi connectivity index (χ0) is 27.6. The van der Waals surface area contributed by atoms with Gasteiger partial charge in [0.1, 0.15) is 6.61 Å². The summed E-state index contributed by atoms with van der Waals surface area (Å²) in [5.74, 6) is -3.36. The molecule has 6 nitrogen and oxygen atoms in total. The van der Waals surface area contributed by atoms with Gasteiger partial charge in [-0.2, -0.15) is 0 Å². The number of carbonyl (C=O) groups is 2. The lowest BCUT2D eigenvalue weighted by molar-refractivity contribution is -0.138. The zero-order valence-electron chi connectivity index (χ0n) is 21.7. The standard InChI is InChI=1S/C31H28F2N2O4/c1-31(2)19-35(29(36)21-12-13-24(32)25(33)16-21)17-23(28-27(31)22-10-6-7-11-26(22)34-28)30(37)39-15-14-38-18-20-8-4-3-5-9-20/h3-13,16-17,34H,14-15,18-19H2,1-2H3. The summed E-state index contributed by atoms with van der Waals surface area (Å²) in [6.45, 7) is 4.72. The first-order valence-electron chi connectivity index (χ1n) is 12.6. The fraction of sp³-hybridized carbons (Fsp3) is 0.226. The van der Waals surface area contributed by atoms with Gasteiger partial charge in [-0.1, -0.05) is 62.4 Å². The van der Waals surface area contributed by atoms with Gasteiger partial charge in [0.05, 0.1) is 24.5 Å². The van der Waals surface area contributed by atoms with E-state index in [4.69, 9.17) is 9.47 Å². The minimum absolute atomic E-state index is 0.0130. The molecule has 1 aromatic heterocycles. The quantitative estimate of drug-likeness (QED) is 0.236. The third kappa shape index (κ3) is 5.47. The maximum Gasteiger partial charge on any atom is 0.341 e. The average molecular weight is 531 g/mol. The third-order valence-electron chi connectivity index (χ3n) is 6.72. The summed E-state index contributed by atoms with van der Waals surface area (Å²) in [5, 5.41) is 0.921. The molecule has 0 radical (unpaired) electrons. The molecular formula is C31H28F2N2O4. The Balaban J connectivity index is 1.44. The summed E-state index contributed by atoms with van der Waals surface area (Å²) in [6.07, 6.45) is 1.43. The molecule has 1 aliphatic rings. The van der Waals surface area contributed by atoms with Crippen molar-refractivity contribution in [3.8, 4) is 0 Å². The molecule has 0 fully saturated rings. The second kappa shape index (κ2) is 10.8. The lowest BCUT2D eigenvalue weighted by Crippen LogP contribution is -2.37. The zero-order valence-corrected chi connectivity index (χ0v) is 21.7. The lowest BCUT2D eigenvalue weighted by atomic mass is 9.81. The SMILES string of the molecule is CC1(C)CN(C(=O)c2ccc(F)c(F)c2)C=C(C(=O)OCCOCc2ccccc2)c2[nH]c3ccccc3c21. The third-order valence-corrected chi connectivity index (χ3v) is 6.72. The molecule has 0 aliphatic carbocycles. The van der Waals surface area contributed by atoms with Crippen molar-refractivity contribution in [3.05, 3.63) is 113 Å². The van der Waals surface area contributed by atoms with E-state index in [0.29, 0.717) is 12.3 Å². The molecule has 4 aromatic rings. The van der Waals surface area contributed by atoms with Crippen molar-refractivity contribution in [2.75, 3.05) is 19.8 Å². The van der Waals surface area contributed by atoms with Gasteiger partial charge in [0.25, 0.3) is 5.91 Å². The van der Waals surface area contributed by atoms with Crippen LogP contribution < -0.4 is 0 Å². The number of amides is 1. The molecule has 0 bridgehead atoms. The number of hydrogen-bond donors (Lipinski definition) is 1. The van der Waals surface area contributed by atoms with E-state index in [-0.39, 0.29) is 30.9 Å². The average Bonchev–Trinajstić information content (AvgIpc) is 3.27. The van der Waals surface area contributed by atoms with E-state index in [1.165, 1.54) is 17.2 Å². The van der Waals surface area contributed by atoms with Crippen molar-refractivity contribution in [1.82, 2.24) is 9.88 Å². The Morgan fingerprint density at radius 1 is 0.949 bits per heavy atom. The van der Waals surface area contributed by atoms with Crippen LogP contribution in [0.3, 0.4) is 0 Å². The molecule has 39 heavy (non-hydrogen) atoms. The van der Waals surface area contributed by atoms with Crippen LogP contribution in [-0.2, 0) is 26.3 Å². The molecule has 2 heterocycles. The van der Waals surface area contributed by atoms with Crippen LogP contribution in [0.4, 0.5) is 8.78 Å². The Kier molecular flexibility index (Phi) is 7.30. The number of carbonyl (C=O) groups excluding carboxylic acids is 2. The monoisotopic (exact) mass is 530 g/mol. The number of para-hydroxylation sites is 1. The van der Waals surface area contributed by atoms with Crippen molar-refractivity contribution < 1.29 is 27.8 Å². The number of benzene rings is 3. The number of rotatable bonds is 7. The van der Waals surface area contributed by atoms with Crippen LogP contribution in [0.15, 0.2) is 79.0 Å². The molecule has 0 unspecified atom stereocenters. The van der Waals surface area contributed by atoms with Crippen molar-refractivity contribution in [2.45, 2.75) is 25.9 Å². The fourth-order valence-corrected chi connectivity index (χ4v) is 4.93. The molecule has 0 spiro atoms. The Hall–Kier alpha value is -4.30. The molecule has 5 rings (SSSR count). The molecule has 0 saturated carbocycles. The molecule has 0 atom stereocenters. The summed E-state index contributed by atoms with van der Waals surface area (Å²) < 4.78 is 38.7. The first-order valence-corrected chi connectivity index (χ1v) is 12.6. The number of nitrogens with zero attached hydrogens (tertiary/aromatic N) is 1. The molecule has 1 aliphatic heterocycles. The highest BCUT2D eigenvalue weighted by molar-refractivity contribution is 6.18. The second-order valence-electron chi connectivity index (χ2n) is 10.1. The van der Waals surface area contributed by atoms with Gasteiger partial charge in [-0.15, -0.1) is 0 Å². The van der Waals surface area contributed by atoms with Crippen LogP contribution >= 0.6 is 0 Å². The topological polar surface area (TPSA) is 71.6 Å². The van der Waals surface area contributed by atoms with Gasteiger partial charge >= 0.3 is 5.97 Å². The van der Waals surface area contributed by atoms with E-state index >= 15 is 0 Å². The van der Waals surface area contributed by atoms with E-state index in [0.717, 1.165) is 34.2 Å². The van der Waals surface area contributed by atoms with Crippen LogP contribution in [0, 0.1) is 11.6 Å². The summed E-state index contributed by atoms with van der Waals surface area (Å²) in [4.78, 5) is 31.6. The Morgan fingerprint density at radius 3 is 2.46 bits per heavy atom. The number of halogens is 2. The van der Waals surface area contributed by atoms with E-state index < -0.39 is 28.9 Å². The van der Waals surface area contributed by atoms with Gasteiger partial charge in [0.15, 0.2) is 11.6 Å². The first-order chi connectivity index (χ1) is 18.7. The first kappa shape index (κ1) is 26.3. The van der Waals surface area contributed by atoms with Gasteiger partial charge in [0, 0.05) is 34.6 Å². The van der Waals surface area contributed by atoms with E-state index in [9.17, 15) is 18.4 Å². The number of aromatic nitrogens is 1. The summed E-state index contributed by atoms with van der Waals surface area (Å²) in [5.41, 5.74) is 2.79. The maximum absolute atomic E-state index is 13.9. The summed E-state index contributed by atoms with van der Waals surface area (Å²) in [6, 6.07) is 20.3. The molecule has 1 amide bonds. The molecular weight excluding hydrogens is 502 g/mol. The number of hydrogen-bond acceptors (Lipinski definition) is 4. The highest BCUT2D eigenvalue weighted by atomic mass is 19.2. The summed E-state index contributed by atoms with van der Waals surface area (Å²) >= 11 is 0. The highest BCUT2D eigenvalue weighted by Gasteiger charge is 2.37. The van der Waals surface area contributed by atoms with Crippen molar-refractivity contribution in [2.24, 2.45) is 0 Å². The van der Waals surface area contributed by atoms with Crippen LogP contribution in [0.5, 0.6) is 0 Å². The van der Waals surface area contributed by atoms with E-state index in [2.05, 4.69) is 4.98 Å². The lowest BCUT2D eigenvalue weighted by Gasteiger charge is -2.29. The fourth-order valence-electron chi connectivity index (χ4n) is 4.93. The second-order valence-corrected chi connectivity index (χ2v) is 10.1. The van der Waals surface area contributed by atoms with E-state index in [1.807, 2.05) is 68.4 Å². The highest BCUT2D eigenvalue weighted by Crippen LogP contribution is 2.40. The number of aromatic amines is 1. The van der Waals surface area contributed by atoms with Gasteiger partial charge in [-0.25, -0.2) is 13.6 Å². The van der Waals surface area contributed by atoms with Crippen LogP contribution in [0.25, 0.3) is 16.5 Å². The van der Waals surface area contributed by atoms with Gasteiger partial charge in [-0.3, -0.25) is 4.79 Å². The van der Waals surface area contributed by atoms with E-state index in [1.54, 1.807) is 0 Å². The van der Waals surface area contributed by atoms with Crippen molar-refractivity contribution in [3.63, 3.8) is 0 Å². The van der Waals surface area contributed by atoms with Crippen molar-refractivity contribution >= 4 is 28.4 Å². The Morgan fingerprint density at radius 2 is 1.69 bits per heavy atom. The smallest absolute Gasteiger partial charge is 0.341 e. The number of fused-ring (bicyclic) bond motifs is 3. The van der Waals surface area contributed by atoms with Gasteiger partial charge in [0.2, 0.25) is 0 Å². The van der Waals surface area contributed by atoms with Crippen LogP contribution in [0.1, 0.15) is 41.0 Å². The van der Waals surface area contributed by atoms with Crippen molar-refractivity contribution in [1.29, 1.82) is 0 Å². The maximum atomic E-state index is 13.9. The molecule has 0 saturated heterocycles. The minimum Gasteiger partial charge on any atom is -0.460 e. The van der Waals surface area contributed by atoms with Crippen LogP contribution in [0.2, 0.25) is 0 Å². The number of nitrogens with one attached hydrogen (secondary N) is 1. The molecule has 200 valence electrons. The largest absolute Gasteiger partial charge is 0.460 e. The summed E-state index contributed by atoms with van der Waals surface area (Å²) in [7, 11) is 0. The van der Waals surface area contributed by atoms with Crippen LogP contribution in [-0.4, -0.2) is 41.5 Å². The molecule has 8 heteroatoms. The Labute approximate surface area is 224 Å². The molecule has 3 aromatic carbocycles. The Bertz CT molecular complexity index is 1560.